The van der Waals surface area contributed by atoms with Crippen LogP contribution < -0.4 is 0 Å². The highest BCUT2D eigenvalue weighted by atomic mass is 32.2. The number of hydrogen-bond acceptors (Lipinski definition) is 6. The van der Waals surface area contributed by atoms with E-state index in [1.54, 1.807) is 0 Å². The molecular weight excluding hydrogens is 220 g/mol. The van der Waals surface area contributed by atoms with Crippen molar-refractivity contribution in [3.8, 4) is 0 Å². The maximum absolute atomic E-state index is 10.8. The van der Waals surface area contributed by atoms with E-state index in [1.807, 2.05) is 4.90 Å². The van der Waals surface area contributed by atoms with Gasteiger partial charge in [0.15, 0.2) is 0 Å². The van der Waals surface area contributed by atoms with Crippen LogP contribution in [0.4, 0.5) is 0 Å². The Morgan fingerprint density at radius 1 is 1.27 bits per heavy atom. The largest absolute Gasteiger partial charge is 0.395 e. The first-order valence-corrected chi connectivity index (χ1v) is 6.67. The molecule has 2 aliphatic heterocycles. The average Bonchev–Trinajstić information content (AvgIpc) is 2.16. The van der Waals surface area contributed by atoms with E-state index in [-0.39, 0.29) is 18.6 Å². The van der Waals surface area contributed by atoms with E-state index in [0.29, 0.717) is 6.54 Å². The molecule has 0 aromatic rings. The summed E-state index contributed by atoms with van der Waals surface area (Å²) in [4.78, 5) is 4.19. The number of aliphatic hydroxyl groups excluding tert-OH is 1. The molecule has 0 aromatic carbocycles. The predicted octanol–water partition coefficient (Wildman–Crippen LogP) is -1.72. The van der Waals surface area contributed by atoms with Crippen LogP contribution in [-0.4, -0.2) is 74.6 Å². The number of piperazine rings is 1. The Bertz CT molecular complexity index is 299. The lowest BCUT2D eigenvalue weighted by Crippen LogP contribution is -2.58. The van der Waals surface area contributed by atoms with E-state index in [9.17, 15) is 8.42 Å². The third kappa shape index (κ3) is 2.67. The summed E-state index contributed by atoms with van der Waals surface area (Å²) in [6, 6.07) is 0. The van der Waals surface area contributed by atoms with Crippen molar-refractivity contribution in [3.05, 3.63) is 0 Å². The molecule has 2 heterocycles. The van der Waals surface area contributed by atoms with Gasteiger partial charge in [0.1, 0.15) is 12.0 Å². The second kappa shape index (κ2) is 4.34. The van der Waals surface area contributed by atoms with Gasteiger partial charge >= 0.3 is 0 Å². The first-order chi connectivity index (χ1) is 7.11. The summed E-state index contributed by atoms with van der Waals surface area (Å²) in [5.74, 6) is 0.118. The van der Waals surface area contributed by atoms with Crippen molar-refractivity contribution in [1.29, 1.82) is 0 Å². The van der Waals surface area contributed by atoms with Crippen molar-refractivity contribution in [2.75, 3.05) is 45.1 Å². The molecular formula is C8H16N2O4S. The maximum Gasteiger partial charge on any atom is 0.272 e. The van der Waals surface area contributed by atoms with Crippen LogP contribution in [0.25, 0.3) is 0 Å². The lowest BCUT2D eigenvalue weighted by Gasteiger charge is -2.41. The Hall–Kier alpha value is -0.210. The van der Waals surface area contributed by atoms with E-state index in [4.69, 9.17) is 9.29 Å². The lowest BCUT2D eigenvalue weighted by atomic mass is 10.3. The van der Waals surface area contributed by atoms with Crippen LogP contribution in [-0.2, 0) is 14.3 Å². The van der Waals surface area contributed by atoms with E-state index < -0.39 is 10.1 Å². The molecule has 1 atom stereocenters. The fourth-order valence-electron chi connectivity index (χ4n) is 1.92. The Kier molecular flexibility index (Phi) is 3.27. The van der Waals surface area contributed by atoms with Crippen molar-refractivity contribution in [2.45, 2.75) is 6.23 Å². The molecule has 0 aliphatic carbocycles. The normalized spacial score (nSPS) is 32.5. The van der Waals surface area contributed by atoms with Crippen molar-refractivity contribution in [3.63, 3.8) is 0 Å². The second-order valence-electron chi connectivity index (χ2n) is 3.88. The van der Waals surface area contributed by atoms with E-state index in [2.05, 4.69) is 4.90 Å². The number of rotatable bonds is 3. The van der Waals surface area contributed by atoms with Gasteiger partial charge in [-0.25, -0.2) is 4.18 Å². The van der Waals surface area contributed by atoms with Gasteiger partial charge in [0.2, 0.25) is 0 Å². The molecule has 6 nitrogen and oxygen atoms in total. The highest BCUT2D eigenvalue weighted by Crippen LogP contribution is 2.20. The molecule has 0 radical (unpaired) electrons. The fourth-order valence-corrected chi connectivity index (χ4v) is 2.92. The standard InChI is InChI=1S/C8H16N2O4S/c11-6-5-9-1-3-10(4-2-9)8-7-15(12,13)14-8/h8,11H,1-7H2. The summed E-state index contributed by atoms with van der Waals surface area (Å²) in [7, 11) is -3.20. The number of aliphatic hydroxyl groups is 1. The minimum atomic E-state index is -3.20. The molecule has 0 amide bonds. The summed E-state index contributed by atoms with van der Waals surface area (Å²) in [6.07, 6.45) is -0.244. The van der Waals surface area contributed by atoms with E-state index in [0.717, 1.165) is 26.2 Å². The van der Waals surface area contributed by atoms with Gasteiger partial charge in [-0.2, -0.15) is 8.42 Å². The highest BCUT2D eigenvalue weighted by molar-refractivity contribution is 7.87. The van der Waals surface area contributed by atoms with Crippen LogP contribution in [0.1, 0.15) is 0 Å². The first kappa shape index (κ1) is 11.3. The van der Waals surface area contributed by atoms with Crippen LogP contribution in [0, 0.1) is 0 Å². The summed E-state index contributed by atoms with van der Waals surface area (Å²) in [5, 5.41) is 8.76. The second-order valence-corrected chi connectivity index (χ2v) is 5.52. The molecule has 0 spiro atoms. The summed E-state index contributed by atoms with van der Waals surface area (Å²) < 4.78 is 26.4. The van der Waals surface area contributed by atoms with Gasteiger partial charge in [0.25, 0.3) is 10.1 Å². The smallest absolute Gasteiger partial charge is 0.272 e. The highest BCUT2D eigenvalue weighted by Gasteiger charge is 2.39. The Morgan fingerprint density at radius 2 is 1.87 bits per heavy atom. The monoisotopic (exact) mass is 236 g/mol. The molecule has 2 saturated heterocycles. The summed E-state index contributed by atoms with van der Waals surface area (Å²) in [5.41, 5.74) is 0. The minimum Gasteiger partial charge on any atom is -0.395 e. The Morgan fingerprint density at radius 3 is 2.33 bits per heavy atom. The zero-order valence-corrected chi connectivity index (χ0v) is 9.32. The zero-order chi connectivity index (χ0) is 10.9. The minimum absolute atomic E-state index is 0.118. The molecule has 0 aromatic heterocycles. The fraction of sp³-hybridized carbons (Fsp3) is 1.00. The van der Waals surface area contributed by atoms with Crippen LogP contribution in [0.3, 0.4) is 0 Å². The first-order valence-electron chi connectivity index (χ1n) is 5.09. The SMILES string of the molecule is O=S1(=O)CC(N2CCN(CCO)CC2)O1. The van der Waals surface area contributed by atoms with Crippen LogP contribution in [0.2, 0.25) is 0 Å². The lowest BCUT2D eigenvalue weighted by molar-refractivity contribution is -0.0170. The third-order valence-corrected chi connectivity index (χ3v) is 4.04. The van der Waals surface area contributed by atoms with Gasteiger partial charge in [-0.1, -0.05) is 0 Å². The van der Waals surface area contributed by atoms with Crippen molar-refractivity contribution < 1.29 is 17.7 Å². The molecule has 2 rings (SSSR count). The number of hydrogen-bond donors (Lipinski definition) is 1. The Labute approximate surface area is 89.5 Å². The van der Waals surface area contributed by atoms with Crippen molar-refractivity contribution >= 4 is 10.1 Å². The molecule has 2 fully saturated rings. The molecule has 1 unspecified atom stereocenters. The number of nitrogens with zero attached hydrogens (tertiary/aromatic N) is 2. The quantitative estimate of drug-likeness (QED) is 0.588. The van der Waals surface area contributed by atoms with Crippen LogP contribution >= 0.6 is 0 Å². The van der Waals surface area contributed by atoms with E-state index >= 15 is 0 Å². The molecule has 1 N–H and O–H groups in total. The van der Waals surface area contributed by atoms with Gasteiger partial charge in [0.05, 0.1) is 6.61 Å². The van der Waals surface area contributed by atoms with Gasteiger partial charge in [0, 0.05) is 32.7 Å². The molecule has 15 heavy (non-hydrogen) atoms. The Balaban J connectivity index is 1.75. The van der Waals surface area contributed by atoms with Crippen LogP contribution in [0.5, 0.6) is 0 Å². The zero-order valence-electron chi connectivity index (χ0n) is 8.50. The van der Waals surface area contributed by atoms with Gasteiger partial charge in [-0.15, -0.1) is 0 Å². The van der Waals surface area contributed by atoms with Gasteiger partial charge < -0.3 is 5.11 Å². The molecule has 0 saturated carbocycles. The molecule has 0 bridgehead atoms. The molecule has 88 valence electrons. The molecule has 2 aliphatic rings. The third-order valence-electron chi connectivity index (χ3n) is 2.83. The maximum atomic E-state index is 10.8. The van der Waals surface area contributed by atoms with Crippen molar-refractivity contribution in [1.82, 2.24) is 9.80 Å². The van der Waals surface area contributed by atoms with Crippen LogP contribution in [0.15, 0.2) is 0 Å². The van der Waals surface area contributed by atoms with Gasteiger partial charge in [-0.05, 0) is 0 Å². The topological polar surface area (TPSA) is 70.1 Å². The summed E-state index contributed by atoms with van der Waals surface area (Å²) >= 11 is 0. The predicted molar refractivity (Wildman–Crippen MR) is 53.8 cm³/mol. The summed E-state index contributed by atoms with van der Waals surface area (Å²) in [6.45, 7) is 4.20. The van der Waals surface area contributed by atoms with E-state index in [1.165, 1.54) is 0 Å². The number of β-amino-alcohol motifs (C(OH)–C–C–N with tert-alkyl or cyclic N) is 1. The van der Waals surface area contributed by atoms with Crippen molar-refractivity contribution in [2.24, 2.45) is 0 Å². The average molecular weight is 236 g/mol. The molecule has 7 heteroatoms. The van der Waals surface area contributed by atoms with Gasteiger partial charge in [-0.3, -0.25) is 9.80 Å².